The number of halogens is 3. The van der Waals surface area contributed by atoms with Crippen LogP contribution in [0.5, 0.6) is 17.2 Å². The van der Waals surface area contributed by atoms with E-state index >= 15 is 0 Å². The van der Waals surface area contributed by atoms with Gasteiger partial charge in [0.2, 0.25) is 0 Å². The van der Waals surface area contributed by atoms with Gasteiger partial charge in [-0.15, -0.1) is 13.2 Å². The first-order valence-electron chi connectivity index (χ1n) is 6.43. The van der Waals surface area contributed by atoms with Crippen molar-refractivity contribution < 1.29 is 37.3 Å². The van der Waals surface area contributed by atoms with Gasteiger partial charge in [0, 0.05) is 6.07 Å². The fraction of sp³-hybridized carbons (Fsp3) is 0.143. The average molecular weight is 328 g/mol. The monoisotopic (exact) mass is 328 g/mol. The zero-order valence-corrected chi connectivity index (χ0v) is 11.7. The number of hydrogen-bond acceptors (Lipinski definition) is 5. The maximum Gasteiger partial charge on any atom is 0.707 e. The lowest BCUT2D eigenvalue weighted by atomic mass is 10.2. The Kier molecular flexibility index (Phi) is 5.35. The zero-order valence-electron chi connectivity index (χ0n) is 11.7. The molecule has 0 aromatic heterocycles. The quantitative estimate of drug-likeness (QED) is 0.798. The third-order valence-corrected chi connectivity index (χ3v) is 2.62. The van der Waals surface area contributed by atoms with Gasteiger partial charge in [-0.05, 0) is 17.7 Å². The van der Waals surface area contributed by atoms with Gasteiger partial charge in [-0.3, -0.25) is 0 Å². The molecule has 0 atom stereocenters. The molecule has 9 heteroatoms. The highest BCUT2D eigenvalue weighted by molar-refractivity contribution is 6.33. The van der Waals surface area contributed by atoms with Gasteiger partial charge in [0.05, 0.1) is 0 Å². The van der Waals surface area contributed by atoms with E-state index in [1.165, 1.54) is 6.07 Å². The first-order chi connectivity index (χ1) is 10.8. The van der Waals surface area contributed by atoms with E-state index in [0.717, 1.165) is 17.7 Å². The topological polar surface area (TPSA) is 68.2 Å². The minimum absolute atomic E-state index is 0.105. The molecular formula is C14H12BF3O5. The Balaban J connectivity index is 2.16. The Morgan fingerprint density at radius 1 is 0.957 bits per heavy atom. The Morgan fingerprint density at radius 2 is 1.65 bits per heavy atom. The number of benzene rings is 2. The van der Waals surface area contributed by atoms with Crippen LogP contribution in [0.2, 0.25) is 0 Å². The standard InChI is InChI=1S/C14H12BF3O5/c16-14(17,18)22-13-8-11(6-7-12(13)23-15(19)20)21-9-10-4-2-1-3-5-10/h1-8,19-20H,9H2. The fourth-order valence-corrected chi connectivity index (χ4v) is 1.73. The summed E-state index contributed by atoms with van der Waals surface area (Å²) in [5, 5.41) is 17.4. The van der Waals surface area contributed by atoms with Crippen molar-refractivity contribution in [2.24, 2.45) is 0 Å². The van der Waals surface area contributed by atoms with Crippen molar-refractivity contribution in [1.29, 1.82) is 0 Å². The summed E-state index contributed by atoms with van der Waals surface area (Å²) in [6.07, 6.45) is -4.96. The molecule has 0 aliphatic heterocycles. The van der Waals surface area contributed by atoms with Crippen molar-refractivity contribution in [3.05, 3.63) is 54.1 Å². The highest BCUT2D eigenvalue weighted by Crippen LogP contribution is 2.35. The number of rotatable bonds is 6. The van der Waals surface area contributed by atoms with Gasteiger partial charge in [0.1, 0.15) is 18.1 Å². The Bertz CT molecular complexity index is 634. The van der Waals surface area contributed by atoms with Crippen LogP contribution in [-0.2, 0) is 6.61 Å². The maximum absolute atomic E-state index is 12.4. The van der Waals surface area contributed by atoms with Crippen LogP contribution in [0.3, 0.4) is 0 Å². The molecule has 23 heavy (non-hydrogen) atoms. The van der Waals surface area contributed by atoms with Gasteiger partial charge in [-0.1, -0.05) is 30.3 Å². The summed E-state index contributed by atoms with van der Waals surface area (Å²) in [5.74, 6) is -1.12. The SMILES string of the molecule is OB(O)Oc1ccc(OCc2ccccc2)cc1OC(F)(F)F. The third-order valence-electron chi connectivity index (χ3n) is 2.62. The molecule has 0 unspecified atom stereocenters. The molecule has 0 saturated heterocycles. The Labute approximate surface area is 130 Å². The van der Waals surface area contributed by atoms with Crippen LogP contribution in [0.1, 0.15) is 5.56 Å². The van der Waals surface area contributed by atoms with E-state index in [0.29, 0.717) is 0 Å². The summed E-state index contributed by atoms with van der Waals surface area (Å²) >= 11 is 0. The van der Waals surface area contributed by atoms with Crippen LogP contribution in [0.4, 0.5) is 13.2 Å². The summed E-state index contributed by atoms with van der Waals surface area (Å²) < 4.78 is 50.8. The highest BCUT2D eigenvalue weighted by atomic mass is 19.4. The number of ether oxygens (including phenoxy) is 2. The van der Waals surface area contributed by atoms with Gasteiger partial charge < -0.3 is 24.2 Å². The molecule has 5 nitrogen and oxygen atoms in total. The summed E-state index contributed by atoms with van der Waals surface area (Å²) in [4.78, 5) is 0. The number of hydrogen-bond donors (Lipinski definition) is 2. The van der Waals surface area contributed by atoms with Crippen LogP contribution in [0.15, 0.2) is 48.5 Å². The Hall–Kier alpha value is -2.39. The summed E-state index contributed by atoms with van der Waals surface area (Å²) in [6, 6.07) is 12.4. The number of alkyl halides is 3. The molecule has 0 amide bonds. The molecular weight excluding hydrogens is 316 g/mol. The van der Waals surface area contributed by atoms with E-state index in [-0.39, 0.29) is 12.4 Å². The van der Waals surface area contributed by atoms with Crippen molar-refractivity contribution in [2.45, 2.75) is 13.0 Å². The van der Waals surface area contributed by atoms with E-state index < -0.39 is 25.2 Å². The van der Waals surface area contributed by atoms with Crippen molar-refractivity contribution in [3.63, 3.8) is 0 Å². The average Bonchev–Trinajstić information content (AvgIpc) is 2.46. The maximum atomic E-state index is 12.4. The summed E-state index contributed by atoms with van der Waals surface area (Å²) in [6.45, 7) is 0.148. The van der Waals surface area contributed by atoms with Gasteiger partial charge in [0.15, 0.2) is 5.75 Å². The van der Waals surface area contributed by atoms with Crippen molar-refractivity contribution >= 4 is 7.32 Å². The van der Waals surface area contributed by atoms with E-state index in [1.54, 1.807) is 24.3 Å². The van der Waals surface area contributed by atoms with Gasteiger partial charge >= 0.3 is 13.7 Å². The zero-order chi connectivity index (χ0) is 16.9. The van der Waals surface area contributed by atoms with Crippen LogP contribution < -0.4 is 14.1 Å². The molecule has 122 valence electrons. The van der Waals surface area contributed by atoms with Gasteiger partial charge in [-0.25, -0.2) is 0 Å². The molecule has 0 radical (unpaired) electrons. The molecule has 2 rings (SSSR count). The first kappa shape index (κ1) is 17.0. The lowest BCUT2D eigenvalue weighted by Crippen LogP contribution is -2.23. The molecule has 0 heterocycles. The predicted molar refractivity (Wildman–Crippen MR) is 74.7 cm³/mol. The van der Waals surface area contributed by atoms with Crippen LogP contribution in [0, 0.1) is 0 Å². The molecule has 2 aromatic carbocycles. The van der Waals surface area contributed by atoms with Crippen LogP contribution >= 0.6 is 0 Å². The fourth-order valence-electron chi connectivity index (χ4n) is 1.73. The molecule has 0 bridgehead atoms. The lowest BCUT2D eigenvalue weighted by molar-refractivity contribution is -0.275. The summed E-state index contributed by atoms with van der Waals surface area (Å²) in [7, 11) is -2.28. The third kappa shape index (κ3) is 5.72. The van der Waals surface area contributed by atoms with E-state index in [2.05, 4.69) is 9.39 Å². The second-order valence-corrected chi connectivity index (χ2v) is 4.37. The van der Waals surface area contributed by atoms with Gasteiger partial charge in [-0.2, -0.15) is 0 Å². The highest BCUT2D eigenvalue weighted by Gasteiger charge is 2.33. The molecule has 0 spiro atoms. The van der Waals surface area contributed by atoms with Crippen molar-refractivity contribution in [2.75, 3.05) is 0 Å². The molecule has 2 N–H and O–H groups in total. The minimum Gasteiger partial charge on any atom is -0.509 e. The summed E-state index contributed by atoms with van der Waals surface area (Å²) in [5.41, 5.74) is 0.830. The Morgan fingerprint density at radius 3 is 2.26 bits per heavy atom. The molecule has 0 aliphatic carbocycles. The lowest BCUT2D eigenvalue weighted by Gasteiger charge is -2.15. The van der Waals surface area contributed by atoms with Crippen LogP contribution in [-0.4, -0.2) is 23.7 Å². The normalized spacial score (nSPS) is 11.0. The van der Waals surface area contributed by atoms with E-state index in [4.69, 9.17) is 14.8 Å². The van der Waals surface area contributed by atoms with Gasteiger partial charge in [0.25, 0.3) is 0 Å². The largest absolute Gasteiger partial charge is 0.707 e. The smallest absolute Gasteiger partial charge is 0.509 e. The predicted octanol–water partition coefficient (Wildman–Crippen LogP) is 2.51. The molecule has 0 saturated carbocycles. The van der Waals surface area contributed by atoms with Crippen LogP contribution in [0.25, 0.3) is 0 Å². The van der Waals surface area contributed by atoms with E-state index in [9.17, 15) is 13.2 Å². The second-order valence-electron chi connectivity index (χ2n) is 4.37. The minimum atomic E-state index is -4.96. The molecule has 0 aliphatic rings. The van der Waals surface area contributed by atoms with Crippen molar-refractivity contribution in [1.82, 2.24) is 0 Å². The van der Waals surface area contributed by atoms with Crippen molar-refractivity contribution in [3.8, 4) is 17.2 Å². The first-order valence-corrected chi connectivity index (χ1v) is 6.43. The molecule has 2 aromatic rings. The molecule has 0 fully saturated rings. The van der Waals surface area contributed by atoms with E-state index in [1.807, 2.05) is 6.07 Å². The second kappa shape index (κ2) is 7.25.